The highest BCUT2D eigenvalue weighted by atomic mass is 32.1. The third-order valence-corrected chi connectivity index (χ3v) is 1.88. The molecule has 0 atom stereocenters. The number of amides is 1. The highest BCUT2D eigenvalue weighted by Crippen LogP contribution is 2.04. The van der Waals surface area contributed by atoms with Crippen LogP contribution in [-0.2, 0) is 0 Å². The molecular weight excluding hydrogens is 202 g/mol. The molecule has 14 heavy (non-hydrogen) atoms. The van der Waals surface area contributed by atoms with Crippen LogP contribution in [0.5, 0.6) is 0 Å². The van der Waals surface area contributed by atoms with Crippen LogP contribution in [0.2, 0.25) is 0 Å². The number of aromatic nitrogens is 4. The van der Waals surface area contributed by atoms with E-state index in [0.717, 1.165) is 0 Å². The Morgan fingerprint density at radius 1 is 1.64 bits per heavy atom. The van der Waals surface area contributed by atoms with E-state index in [9.17, 15) is 4.79 Å². The van der Waals surface area contributed by atoms with E-state index in [1.165, 1.54) is 10.9 Å². The number of rotatable bonds is 2. The average Bonchev–Trinajstić information content (AvgIpc) is 2.86. The largest absolute Gasteiger partial charge is 0.299 e. The summed E-state index contributed by atoms with van der Waals surface area (Å²) in [4.78, 5) is 11.1. The van der Waals surface area contributed by atoms with Gasteiger partial charge in [-0.3, -0.25) is 14.6 Å². The number of thiol groups is 1. The lowest BCUT2D eigenvalue weighted by Crippen LogP contribution is -2.11. The van der Waals surface area contributed by atoms with Gasteiger partial charge < -0.3 is 0 Å². The van der Waals surface area contributed by atoms with Crippen molar-refractivity contribution in [3.63, 3.8) is 0 Å². The molecule has 0 unspecified atom stereocenters. The number of hydrogen-bond acceptors (Lipinski definition) is 4. The molecule has 7 heteroatoms. The van der Waals surface area contributed by atoms with Crippen LogP contribution in [0.15, 0.2) is 24.7 Å². The zero-order valence-electron chi connectivity index (χ0n) is 7.01. The van der Waals surface area contributed by atoms with Crippen LogP contribution >= 0.6 is 12.8 Å². The van der Waals surface area contributed by atoms with Crippen molar-refractivity contribution < 1.29 is 4.79 Å². The number of aromatic amines is 1. The van der Waals surface area contributed by atoms with E-state index >= 15 is 0 Å². The first kappa shape index (κ1) is 8.82. The van der Waals surface area contributed by atoms with E-state index in [-0.39, 0.29) is 5.91 Å². The Kier molecular flexibility index (Phi) is 2.23. The first-order valence-electron chi connectivity index (χ1n) is 3.80. The lowest BCUT2D eigenvalue weighted by molar-refractivity contribution is 0.0985. The second-order valence-corrected chi connectivity index (χ2v) is 2.78. The van der Waals surface area contributed by atoms with Gasteiger partial charge in [-0.25, -0.2) is 4.68 Å². The van der Waals surface area contributed by atoms with Gasteiger partial charge in [-0.2, -0.15) is 10.2 Å². The first-order chi connectivity index (χ1) is 6.81. The van der Waals surface area contributed by atoms with E-state index in [2.05, 4.69) is 32.8 Å². The van der Waals surface area contributed by atoms with E-state index in [4.69, 9.17) is 0 Å². The molecule has 2 rings (SSSR count). The molecule has 2 heterocycles. The average molecular weight is 209 g/mol. The number of hydrogen-bond donors (Lipinski definition) is 3. The maximum absolute atomic E-state index is 11.1. The van der Waals surface area contributed by atoms with Gasteiger partial charge in [-0.15, -0.1) is 0 Å². The summed E-state index contributed by atoms with van der Waals surface area (Å²) in [7, 11) is 0. The van der Waals surface area contributed by atoms with Gasteiger partial charge in [0.2, 0.25) is 0 Å². The van der Waals surface area contributed by atoms with E-state index in [0.29, 0.717) is 11.4 Å². The minimum Gasteiger partial charge on any atom is -0.299 e. The molecule has 0 aromatic carbocycles. The molecule has 0 spiro atoms. The van der Waals surface area contributed by atoms with E-state index in [1.807, 2.05) is 0 Å². The van der Waals surface area contributed by atoms with Crippen LogP contribution < -0.4 is 4.72 Å². The molecule has 0 saturated carbocycles. The summed E-state index contributed by atoms with van der Waals surface area (Å²) in [6.07, 6.45) is 4.64. The predicted molar refractivity (Wildman–Crippen MR) is 52.2 cm³/mol. The molecule has 0 radical (unpaired) electrons. The molecule has 1 amide bonds. The Balaban J connectivity index is 2.31. The van der Waals surface area contributed by atoms with Gasteiger partial charge >= 0.3 is 0 Å². The van der Waals surface area contributed by atoms with Crippen molar-refractivity contribution in [1.29, 1.82) is 0 Å². The molecule has 2 aromatic rings. The number of nitrogens with one attached hydrogen (secondary N) is 2. The summed E-state index contributed by atoms with van der Waals surface area (Å²) in [6.45, 7) is 0. The highest BCUT2D eigenvalue weighted by Gasteiger charge is 2.07. The maximum atomic E-state index is 11.1. The Morgan fingerprint density at radius 3 is 3.14 bits per heavy atom. The van der Waals surface area contributed by atoms with Crippen LogP contribution in [-0.4, -0.2) is 25.9 Å². The van der Waals surface area contributed by atoms with Crippen LogP contribution in [0.1, 0.15) is 10.4 Å². The van der Waals surface area contributed by atoms with Gasteiger partial charge in [-0.05, 0) is 0 Å². The molecule has 0 aliphatic heterocycles. The summed E-state index contributed by atoms with van der Waals surface area (Å²) >= 11 is 3.65. The first-order valence-corrected chi connectivity index (χ1v) is 4.25. The second-order valence-electron chi connectivity index (χ2n) is 2.56. The summed E-state index contributed by atoms with van der Waals surface area (Å²) in [5.74, 6) is 0.405. The van der Waals surface area contributed by atoms with Crippen molar-refractivity contribution in [2.45, 2.75) is 0 Å². The topological polar surface area (TPSA) is 75.6 Å². The van der Waals surface area contributed by atoms with Crippen molar-refractivity contribution in [3.05, 3.63) is 30.2 Å². The molecule has 0 aliphatic carbocycles. The normalized spacial score (nSPS) is 10.1. The molecule has 2 aromatic heterocycles. The Hall–Kier alpha value is -1.76. The Labute approximate surface area is 84.9 Å². The molecular formula is C7H7N5OS. The van der Waals surface area contributed by atoms with Crippen molar-refractivity contribution in [2.24, 2.45) is 0 Å². The molecule has 0 aliphatic rings. The lowest BCUT2D eigenvalue weighted by Gasteiger charge is -1.93. The fourth-order valence-corrected chi connectivity index (χ4v) is 1.14. The van der Waals surface area contributed by atoms with Crippen molar-refractivity contribution in [1.82, 2.24) is 24.7 Å². The standard InChI is InChI=1S/C7H7N5OS/c13-7(11-14)5-3-9-12(4-5)6-1-2-8-10-6/h1-4,14H,(H,8,10)(H,11,13). The van der Waals surface area contributed by atoms with E-state index in [1.54, 1.807) is 18.5 Å². The van der Waals surface area contributed by atoms with Gasteiger partial charge in [0.05, 0.1) is 18.0 Å². The minimum absolute atomic E-state index is 0.293. The fourth-order valence-electron chi connectivity index (χ4n) is 1.01. The lowest BCUT2D eigenvalue weighted by atomic mass is 10.3. The minimum atomic E-state index is -0.293. The Bertz CT molecular complexity index is 435. The smallest absolute Gasteiger partial charge is 0.264 e. The monoisotopic (exact) mass is 209 g/mol. The second kappa shape index (κ2) is 3.54. The van der Waals surface area contributed by atoms with Gasteiger partial charge in [0.25, 0.3) is 5.91 Å². The zero-order valence-corrected chi connectivity index (χ0v) is 7.90. The quantitative estimate of drug-likeness (QED) is 0.617. The molecule has 6 nitrogen and oxygen atoms in total. The predicted octanol–water partition coefficient (Wildman–Crippen LogP) is 0.170. The summed E-state index contributed by atoms with van der Waals surface area (Å²) < 4.78 is 3.74. The molecule has 0 saturated heterocycles. The van der Waals surface area contributed by atoms with Crippen LogP contribution in [0.4, 0.5) is 0 Å². The van der Waals surface area contributed by atoms with Crippen LogP contribution in [0.25, 0.3) is 5.82 Å². The Morgan fingerprint density at radius 2 is 2.50 bits per heavy atom. The molecule has 0 fully saturated rings. The van der Waals surface area contributed by atoms with Gasteiger partial charge in [0.15, 0.2) is 0 Å². The van der Waals surface area contributed by atoms with Gasteiger partial charge in [-0.1, -0.05) is 12.8 Å². The van der Waals surface area contributed by atoms with Crippen molar-refractivity contribution >= 4 is 18.7 Å². The highest BCUT2D eigenvalue weighted by molar-refractivity contribution is 7.78. The fraction of sp³-hybridized carbons (Fsp3) is 0. The number of carbonyl (C=O) groups is 1. The number of H-pyrrole nitrogens is 1. The summed E-state index contributed by atoms with van der Waals surface area (Å²) in [5, 5.41) is 10.5. The van der Waals surface area contributed by atoms with Crippen LogP contribution in [0, 0.1) is 0 Å². The van der Waals surface area contributed by atoms with Crippen molar-refractivity contribution in [3.8, 4) is 5.82 Å². The molecule has 2 N–H and O–H groups in total. The van der Waals surface area contributed by atoms with E-state index < -0.39 is 0 Å². The third kappa shape index (κ3) is 1.49. The molecule has 0 bridgehead atoms. The van der Waals surface area contributed by atoms with Gasteiger partial charge in [0, 0.05) is 12.3 Å². The summed E-state index contributed by atoms with van der Waals surface area (Å²) in [6, 6.07) is 1.75. The maximum Gasteiger partial charge on any atom is 0.264 e. The van der Waals surface area contributed by atoms with Crippen LogP contribution in [0.3, 0.4) is 0 Å². The van der Waals surface area contributed by atoms with Crippen molar-refractivity contribution in [2.75, 3.05) is 0 Å². The molecule has 72 valence electrons. The van der Waals surface area contributed by atoms with Gasteiger partial charge in [0.1, 0.15) is 5.82 Å². The third-order valence-electron chi connectivity index (χ3n) is 1.68. The SMILES string of the molecule is O=C(NS)c1cnn(-c2ccn[nH]2)c1. The zero-order chi connectivity index (χ0) is 9.97. The number of nitrogens with zero attached hydrogens (tertiary/aromatic N) is 3. The number of carbonyl (C=O) groups excluding carboxylic acids is 1. The summed E-state index contributed by atoms with van der Waals surface area (Å²) in [5.41, 5.74) is 0.439.